The molecule has 0 atom stereocenters. The van der Waals surface area contributed by atoms with Gasteiger partial charge in [-0.05, 0) is 55.3 Å². The number of benzene rings is 2. The van der Waals surface area contributed by atoms with Crippen molar-refractivity contribution in [1.82, 2.24) is 15.8 Å². The molecule has 0 saturated heterocycles. The number of fused-ring (bicyclic) bond motifs is 1. The molecular weight excluding hydrogens is 428 g/mol. The molecule has 32 heavy (non-hydrogen) atoms. The summed E-state index contributed by atoms with van der Waals surface area (Å²) < 4.78 is 0. The number of rotatable bonds is 5. The average Bonchev–Trinajstić information content (AvgIpc) is 2.71. The van der Waals surface area contributed by atoms with Crippen LogP contribution in [0, 0.1) is 5.41 Å². The fourth-order valence-electron chi connectivity index (χ4n) is 3.25. The van der Waals surface area contributed by atoms with Crippen LogP contribution in [-0.2, 0) is 17.9 Å². The predicted octanol–water partition coefficient (Wildman–Crippen LogP) is 4.12. The maximum atomic E-state index is 12.9. The number of hydrogen-bond donors (Lipinski definition) is 3. The molecule has 2 aromatic carbocycles. The second-order valence-corrected chi connectivity index (χ2v) is 9.64. The number of halogens is 1. The molecule has 0 aromatic heterocycles. The van der Waals surface area contributed by atoms with Gasteiger partial charge in [0, 0.05) is 35.8 Å². The lowest BCUT2D eigenvalue weighted by atomic mass is 9.95. The lowest BCUT2D eigenvalue weighted by Crippen LogP contribution is -2.49. The molecule has 0 radical (unpaired) electrons. The quantitative estimate of drug-likeness (QED) is 0.631. The molecule has 3 amide bonds. The largest absolute Gasteiger partial charge is 0.352 e. The minimum atomic E-state index is -0.499. The summed E-state index contributed by atoms with van der Waals surface area (Å²) in [6.07, 6.45) is 0. The normalized spacial score (nSPS) is 14.0. The van der Waals surface area contributed by atoms with Crippen molar-refractivity contribution in [2.24, 2.45) is 5.41 Å². The summed E-state index contributed by atoms with van der Waals surface area (Å²) >= 11 is 6.27. The number of nitrogens with one attached hydrogen (secondary N) is 3. The van der Waals surface area contributed by atoms with Crippen LogP contribution in [0.5, 0.6) is 0 Å². The van der Waals surface area contributed by atoms with Crippen molar-refractivity contribution in [3.8, 4) is 0 Å². The van der Waals surface area contributed by atoms with Gasteiger partial charge in [-0.3, -0.25) is 19.8 Å². The van der Waals surface area contributed by atoms with E-state index in [2.05, 4.69) is 16.1 Å². The third-order valence-corrected chi connectivity index (χ3v) is 5.56. The summed E-state index contributed by atoms with van der Waals surface area (Å²) in [5, 5.41) is 7.90. The third kappa shape index (κ3) is 5.47. The fourth-order valence-corrected chi connectivity index (χ4v) is 3.45. The second-order valence-electron chi connectivity index (χ2n) is 9.24. The number of hydrazine groups is 1. The Bertz CT molecular complexity index is 1060. The Balaban J connectivity index is 1.75. The Morgan fingerprint density at radius 1 is 1.16 bits per heavy atom. The van der Waals surface area contributed by atoms with Gasteiger partial charge in [0.1, 0.15) is 0 Å². The Hall–Kier alpha value is -2.90. The Labute approximate surface area is 193 Å². The average molecular weight is 457 g/mol. The van der Waals surface area contributed by atoms with Crippen molar-refractivity contribution in [1.29, 1.82) is 0 Å². The topological polar surface area (TPSA) is 90.5 Å². The zero-order valence-electron chi connectivity index (χ0n) is 19.0. The van der Waals surface area contributed by atoms with Crippen LogP contribution in [0.4, 0.5) is 5.69 Å². The Morgan fingerprint density at radius 3 is 2.53 bits per heavy atom. The first kappa shape index (κ1) is 23.8. The van der Waals surface area contributed by atoms with Gasteiger partial charge in [-0.15, -0.1) is 0 Å². The standard InChI is InChI=1S/C24H29ClN4O3/c1-14(2)29-13-16-11-17(7-8-18(16)22(31)28-29)27-21(30)19-10-15(6-9-20(19)25)12-26-23(32)24(3,4)5/h6-11,14H,12-13H2,1-5H3,(H,26,32)(H,27,30)(H,28,31). The molecule has 0 unspecified atom stereocenters. The number of carbonyl (C=O) groups excluding carboxylic acids is 3. The SMILES string of the molecule is CC(C)N1Cc2cc(NC(=O)c3cc(CNC(=O)C(C)(C)C)ccc3Cl)ccc2C(=O)N1. The van der Waals surface area contributed by atoms with Gasteiger partial charge < -0.3 is 10.6 Å². The van der Waals surface area contributed by atoms with Gasteiger partial charge in [0.05, 0.1) is 10.6 Å². The summed E-state index contributed by atoms with van der Waals surface area (Å²) in [4.78, 5) is 37.4. The predicted molar refractivity (Wildman–Crippen MR) is 125 cm³/mol. The van der Waals surface area contributed by atoms with Crippen LogP contribution in [0.3, 0.4) is 0 Å². The highest BCUT2D eigenvalue weighted by atomic mass is 35.5. The highest BCUT2D eigenvalue weighted by Gasteiger charge is 2.25. The number of hydrogen-bond acceptors (Lipinski definition) is 4. The van der Waals surface area contributed by atoms with Gasteiger partial charge >= 0.3 is 0 Å². The first-order valence-corrected chi connectivity index (χ1v) is 10.9. The first-order chi connectivity index (χ1) is 15.0. The number of nitrogens with zero attached hydrogens (tertiary/aromatic N) is 1. The van der Waals surface area contributed by atoms with E-state index in [-0.39, 0.29) is 23.8 Å². The highest BCUT2D eigenvalue weighted by Crippen LogP contribution is 2.24. The van der Waals surface area contributed by atoms with Gasteiger partial charge in [0.25, 0.3) is 11.8 Å². The van der Waals surface area contributed by atoms with Crippen LogP contribution in [0.1, 0.15) is 66.5 Å². The molecule has 1 aliphatic rings. The fraction of sp³-hybridized carbons (Fsp3) is 0.375. The lowest BCUT2D eigenvalue weighted by Gasteiger charge is -2.32. The maximum absolute atomic E-state index is 12.9. The van der Waals surface area contributed by atoms with Crippen LogP contribution in [0.25, 0.3) is 0 Å². The summed E-state index contributed by atoms with van der Waals surface area (Å²) in [6, 6.07) is 10.5. The molecule has 0 bridgehead atoms. The maximum Gasteiger partial charge on any atom is 0.265 e. The molecule has 2 aromatic rings. The number of carbonyl (C=O) groups is 3. The van der Waals surface area contributed by atoms with Crippen molar-refractivity contribution in [3.63, 3.8) is 0 Å². The van der Waals surface area contributed by atoms with Crippen molar-refractivity contribution < 1.29 is 14.4 Å². The van der Waals surface area contributed by atoms with E-state index in [1.165, 1.54) is 0 Å². The van der Waals surface area contributed by atoms with Crippen LogP contribution in [-0.4, -0.2) is 28.8 Å². The van der Waals surface area contributed by atoms with E-state index in [0.717, 1.165) is 11.1 Å². The molecule has 3 rings (SSSR count). The second kappa shape index (κ2) is 9.30. The molecule has 3 N–H and O–H groups in total. The molecule has 1 heterocycles. The number of anilines is 1. The van der Waals surface area contributed by atoms with Gasteiger partial charge in [-0.2, -0.15) is 0 Å². The first-order valence-electron chi connectivity index (χ1n) is 10.5. The van der Waals surface area contributed by atoms with E-state index in [1.807, 2.05) is 45.7 Å². The van der Waals surface area contributed by atoms with Gasteiger partial charge in [0.2, 0.25) is 5.91 Å². The van der Waals surface area contributed by atoms with E-state index in [0.29, 0.717) is 34.9 Å². The van der Waals surface area contributed by atoms with Crippen LogP contribution < -0.4 is 16.1 Å². The Morgan fingerprint density at radius 2 is 1.88 bits per heavy atom. The highest BCUT2D eigenvalue weighted by molar-refractivity contribution is 6.34. The molecule has 1 aliphatic heterocycles. The van der Waals surface area contributed by atoms with Crippen LogP contribution >= 0.6 is 11.6 Å². The van der Waals surface area contributed by atoms with Crippen molar-refractivity contribution >= 4 is 35.0 Å². The summed E-state index contributed by atoms with van der Waals surface area (Å²) in [5.74, 6) is -0.599. The molecule has 0 aliphatic carbocycles. The smallest absolute Gasteiger partial charge is 0.265 e. The summed E-state index contributed by atoms with van der Waals surface area (Å²) in [6.45, 7) is 10.4. The molecular formula is C24H29ClN4O3. The minimum absolute atomic E-state index is 0.0769. The monoisotopic (exact) mass is 456 g/mol. The molecule has 170 valence electrons. The lowest BCUT2D eigenvalue weighted by molar-refractivity contribution is -0.128. The number of amides is 3. The van der Waals surface area contributed by atoms with Crippen molar-refractivity contribution in [3.05, 3.63) is 63.7 Å². The van der Waals surface area contributed by atoms with Crippen LogP contribution in [0.2, 0.25) is 5.02 Å². The van der Waals surface area contributed by atoms with E-state index in [4.69, 9.17) is 11.6 Å². The molecule has 0 fully saturated rings. The molecule has 0 saturated carbocycles. The summed E-state index contributed by atoms with van der Waals surface area (Å²) in [7, 11) is 0. The zero-order valence-corrected chi connectivity index (χ0v) is 19.8. The van der Waals surface area contributed by atoms with E-state index in [1.54, 1.807) is 30.3 Å². The molecule has 7 nitrogen and oxygen atoms in total. The Kier molecular flexibility index (Phi) is 6.91. The molecule has 8 heteroatoms. The van der Waals surface area contributed by atoms with E-state index < -0.39 is 5.41 Å². The van der Waals surface area contributed by atoms with Crippen molar-refractivity contribution in [2.45, 2.75) is 53.8 Å². The van der Waals surface area contributed by atoms with Gasteiger partial charge in [0.15, 0.2) is 0 Å². The van der Waals surface area contributed by atoms with Gasteiger partial charge in [-0.1, -0.05) is 38.4 Å². The van der Waals surface area contributed by atoms with E-state index >= 15 is 0 Å². The van der Waals surface area contributed by atoms with Crippen molar-refractivity contribution in [2.75, 3.05) is 5.32 Å². The summed E-state index contributed by atoms with van der Waals surface area (Å²) in [5.41, 5.74) is 5.45. The minimum Gasteiger partial charge on any atom is -0.352 e. The molecule has 0 spiro atoms. The third-order valence-electron chi connectivity index (χ3n) is 5.23. The van der Waals surface area contributed by atoms with Crippen LogP contribution in [0.15, 0.2) is 36.4 Å². The zero-order chi connectivity index (χ0) is 23.6. The van der Waals surface area contributed by atoms with Gasteiger partial charge in [-0.25, -0.2) is 5.01 Å². The van der Waals surface area contributed by atoms with E-state index in [9.17, 15) is 14.4 Å².